The second-order valence-corrected chi connectivity index (χ2v) is 5.77. The zero-order chi connectivity index (χ0) is 12.2. The van der Waals surface area contributed by atoms with E-state index in [4.69, 9.17) is 4.74 Å². The van der Waals surface area contributed by atoms with Gasteiger partial charge in [-0.05, 0) is 26.8 Å². The van der Waals surface area contributed by atoms with E-state index in [-0.39, 0.29) is 23.4 Å². The molecule has 0 spiro atoms. The molecule has 1 aromatic carbocycles. The Balaban J connectivity index is 1.97. The summed E-state index contributed by atoms with van der Waals surface area (Å²) >= 11 is 0. The number of ether oxygens (including phenoxy) is 1. The Morgan fingerprint density at radius 3 is 2.71 bits per heavy atom. The molecule has 3 nitrogen and oxygen atoms in total. The second-order valence-electron chi connectivity index (χ2n) is 5.77. The number of benzene rings is 1. The Hall–Kier alpha value is -1.51. The van der Waals surface area contributed by atoms with Crippen LogP contribution in [0.5, 0.6) is 5.75 Å². The minimum atomic E-state index is -0.117. The topological polar surface area (TPSA) is 29.5 Å². The highest BCUT2D eigenvalue weighted by atomic mass is 16.5. The molecule has 0 aliphatic carbocycles. The molecule has 0 unspecified atom stereocenters. The molecule has 1 fully saturated rings. The van der Waals surface area contributed by atoms with Crippen LogP contribution in [-0.2, 0) is 4.79 Å². The van der Waals surface area contributed by atoms with Crippen molar-refractivity contribution in [3.8, 4) is 5.75 Å². The Morgan fingerprint density at radius 2 is 2.00 bits per heavy atom. The summed E-state index contributed by atoms with van der Waals surface area (Å²) in [5, 5.41) is 0. The summed E-state index contributed by atoms with van der Waals surface area (Å²) in [7, 11) is 0. The van der Waals surface area contributed by atoms with Crippen molar-refractivity contribution >= 4 is 5.91 Å². The number of β-lactam (4-membered cyclic amide) rings is 1. The number of amides is 1. The molecule has 17 heavy (non-hydrogen) atoms. The van der Waals surface area contributed by atoms with Crippen molar-refractivity contribution in [2.24, 2.45) is 0 Å². The predicted octanol–water partition coefficient (Wildman–Crippen LogP) is 2.17. The van der Waals surface area contributed by atoms with Gasteiger partial charge in [-0.15, -0.1) is 0 Å². The van der Waals surface area contributed by atoms with Crippen LogP contribution in [0.25, 0.3) is 0 Å². The maximum absolute atomic E-state index is 12.3. The van der Waals surface area contributed by atoms with Gasteiger partial charge >= 0.3 is 0 Å². The number of para-hydroxylation sites is 1. The van der Waals surface area contributed by atoms with Crippen molar-refractivity contribution in [1.82, 2.24) is 4.90 Å². The van der Waals surface area contributed by atoms with Crippen molar-refractivity contribution in [2.45, 2.75) is 38.3 Å². The molecule has 2 heterocycles. The van der Waals surface area contributed by atoms with Crippen molar-refractivity contribution in [1.29, 1.82) is 0 Å². The van der Waals surface area contributed by atoms with Gasteiger partial charge in [-0.25, -0.2) is 0 Å². The summed E-state index contributed by atoms with van der Waals surface area (Å²) in [6.07, 6.45) is 0. The highest BCUT2D eigenvalue weighted by molar-refractivity contribution is 5.93. The number of carbonyl (C=O) groups excluding carboxylic acids is 1. The number of fused-ring (bicyclic) bond motifs is 3. The zero-order valence-electron chi connectivity index (χ0n) is 10.4. The van der Waals surface area contributed by atoms with E-state index in [1.807, 2.05) is 29.2 Å². The maximum atomic E-state index is 12.3. The van der Waals surface area contributed by atoms with E-state index in [0.717, 1.165) is 11.3 Å². The van der Waals surface area contributed by atoms with Crippen molar-refractivity contribution < 1.29 is 9.53 Å². The Morgan fingerprint density at radius 1 is 1.29 bits per heavy atom. The van der Waals surface area contributed by atoms with Crippen molar-refractivity contribution in [3.63, 3.8) is 0 Å². The normalized spacial score (nSPS) is 26.8. The van der Waals surface area contributed by atoms with E-state index in [2.05, 4.69) is 20.8 Å². The van der Waals surface area contributed by atoms with Gasteiger partial charge in [-0.2, -0.15) is 0 Å². The van der Waals surface area contributed by atoms with Gasteiger partial charge in [0, 0.05) is 11.1 Å². The van der Waals surface area contributed by atoms with Crippen molar-refractivity contribution in [2.75, 3.05) is 6.61 Å². The van der Waals surface area contributed by atoms with Crippen LogP contribution in [0.2, 0.25) is 0 Å². The van der Waals surface area contributed by atoms with Gasteiger partial charge in [0.25, 0.3) is 0 Å². The summed E-state index contributed by atoms with van der Waals surface area (Å²) in [5.41, 5.74) is 0.933. The molecule has 0 saturated carbocycles. The molecule has 1 amide bonds. The molecule has 2 aliphatic rings. The molecule has 3 rings (SSSR count). The minimum Gasteiger partial charge on any atom is -0.491 e. The molecule has 1 aromatic rings. The van der Waals surface area contributed by atoms with Gasteiger partial charge in [0.2, 0.25) is 5.91 Å². The number of likely N-dealkylation sites (tertiary alicyclic amines) is 1. The fourth-order valence-corrected chi connectivity index (χ4v) is 2.93. The van der Waals surface area contributed by atoms with Crippen molar-refractivity contribution in [3.05, 3.63) is 29.8 Å². The predicted molar refractivity (Wildman–Crippen MR) is 65.1 cm³/mol. The van der Waals surface area contributed by atoms with Crippen LogP contribution in [0.3, 0.4) is 0 Å². The third-order valence-corrected chi connectivity index (χ3v) is 3.61. The summed E-state index contributed by atoms with van der Waals surface area (Å²) in [6.45, 7) is 6.83. The van der Waals surface area contributed by atoms with Gasteiger partial charge in [0.05, 0.1) is 12.0 Å². The molecule has 2 atom stereocenters. The van der Waals surface area contributed by atoms with Gasteiger partial charge in [0.1, 0.15) is 12.4 Å². The van der Waals surface area contributed by atoms with E-state index in [1.165, 1.54) is 0 Å². The molecule has 0 N–H and O–H groups in total. The molecule has 1 saturated heterocycles. The number of hydrogen-bond donors (Lipinski definition) is 0. The summed E-state index contributed by atoms with van der Waals surface area (Å²) in [6, 6.07) is 8.07. The third-order valence-electron chi connectivity index (χ3n) is 3.61. The lowest BCUT2D eigenvalue weighted by Gasteiger charge is -2.55. The second kappa shape index (κ2) is 3.25. The molecule has 3 heteroatoms. The first kappa shape index (κ1) is 10.6. The van der Waals surface area contributed by atoms with Crippen LogP contribution in [-0.4, -0.2) is 29.0 Å². The number of rotatable bonds is 0. The first-order valence-corrected chi connectivity index (χ1v) is 6.05. The highest BCUT2D eigenvalue weighted by Crippen LogP contribution is 2.46. The fourth-order valence-electron chi connectivity index (χ4n) is 2.93. The van der Waals surface area contributed by atoms with Crippen LogP contribution in [0, 0.1) is 0 Å². The first-order valence-electron chi connectivity index (χ1n) is 6.05. The molecule has 0 radical (unpaired) electrons. The lowest BCUT2D eigenvalue weighted by molar-refractivity contribution is -0.162. The van der Waals surface area contributed by atoms with Crippen LogP contribution in [0.4, 0.5) is 0 Å². The fraction of sp³-hybridized carbons (Fsp3) is 0.500. The van der Waals surface area contributed by atoms with Crippen LogP contribution in [0.15, 0.2) is 24.3 Å². The Kier molecular flexibility index (Phi) is 2.03. The number of nitrogens with zero attached hydrogens (tertiary/aromatic N) is 1. The highest BCUT2D eigenvalue weighted by Gasteiger charge is 2.54. The zero-order valence-corrected chi connectivity index (χ0v) is 10.4. The molecule has 0 aromatic heterocycles. The average molecular weight is 231 g/mol. The molecule has 0 bridgehead atoms. The molecular weight excluding hydrogens is 214 g/mol. The summed E-state index contributed by atoms with van der Waals surface area (Å²) < 4.78 is 5.74. The minimum absolute atomic E-state index is 0.0131. The standard InChI is InChI=1S/C14H17NO2/c1-14(2,3)15-10-8-17-11-7-5-4-6-9(11)12(10)13(15)16/h4-7,10,12H,8H2,1-3H3/t10-,12+/m1/s1. The molecular formula is C14H17NO2. The third kappa shape index (κ3) is 1.38. The maximum Gasteiger partial charge on any atom is 0.233 e. The van der Waals surface area contributed by atoms with Crippen LogP contribution >= 0.6 is 0 Å². The Labute approximate surface area is 101 Å². The van der Waals surface area contributed by atoms with E-state index in [0.29, 0.717) is 6.61 Å². The van der Waals surface area contributed by atoms with E-state index in [9.17, 15) is 4.79 Å². The van der Waals surface area contributed by atoms with Crippen LogP contribution in [0.1, 0.15) is 32.3 Å². The van der Waals surface area contributed by atoms with E-state index < -0.39 is 0 Å². The number of hydrogen-bond acceptors (Lipinski definition) is 2. The quantitative estimate of drug-likeness (QED) is 0.640. The SMILES string of the molecule is CC(C)(C)N1C(=O)[C@H]2c3ccccc3OC[C@H]21. The first-order chi connectivity index (χ1) is 8.00. The largest absolute Gasteiger partial charge is 0.491 e. The number of carbonyl (C=O) groups is 1. The molecule has 90 valence electrons. The van der Waals surface area contributed by atoms with Gasteiger partial charge in [0.15, 0.2) is 0 Å². The van der Waals surface area contributed by atoms with Gasteiger partial charge in [-0.3, -0.25) is 4.79 Å². The lowest BCUT2D eigenvalue weighted by atomic mass is 9.77. The van der Waals surface area contributed by atoms with Gasteiger partial charge < -0.3 is 9.64 Å². The van der Waals surface area contributed by atoms with Crippen LogP contribution < -0.4 is 4.74 Å². The van der Waals surface area contributed by atoms with Gasteiger partial charge in [-0.1, -0.05) is 18.2 Å². The summed E-state index contributed by atoms with van der Waals surface area (Å²) in [4.78, 5) is 14.2. The van der Waals surface area contributed by atoms with E-state index >= 15 is 0 Å². The smallest absolute Gasteiger partial charge is 0.233 e. The lowest BCUT2D eigenvalue weighted by Crippen LogP contribution is -2.68. The van der Waals surface area contributed by atoms with E-state index in [1.54, 1.807) is 0 Å². The Bertz CT molecular complexity index is 475. The summed E-state index contributed by atoms with van der Waals surface area (Å²) in [5.74, 6) is 1.12. The average Bonchev–Trinajstić information content (AvgIpc) is 2.24. The monoisotopic (exact) mass is 231 g/mol. The molecule has 2 aliphatic heterocycles.